The van der Waals surface area contributed by atoms with E-state index in [0.29, 0.717) is 30.4 Å². The average molecular weight is 325 g/mol. The summed E-state index contributed by atoms with van der Waals surface area (Å²) in [5.41, 5.74) is 7.83. The lowest BCUT2D eigenvalue weighted by Gasteiger charge is -2.19. The molecule has 0 aliphatic heterocycles. The number of amides is 1. The highest BCUT2D eigenvalue weighted by Crippen LogP contribution is 2.42. The lowest BCUT2D eigenvalue weighted by atomic mass is 10.2. The van der Waals surface area contributed by atoms with Crippen LogP contribution in [0.1, 0.15) is 46.7 Å². The van der Waals surface area contributed by atoms with Crippen LogP contribution in [0, 0.1) is 0 Å². The Labute approximate surface area is 132 Å². The van der Waals surface area contributed by atoms with Crippen molar-refractivity contribution in [3.05, 3.63) is 32.7 Å². The molecule has 0 spiro atoms. The van der Waals surface area contributed by atoms with Crippen molar-refractivity contribution in [2.24, 2.45) is 0 Å². The highest BCUT2D eigenvalue weighted by atomic mass is 35.5. The number of anilines is 1. The number of H-pyrrole nitrogens is 1. The minimum atomic E-state index is -0.136. The summed E-state index contributed by atoms with van der Waals surface area (Å²) >= 11 is 7.41. The van der Waals surface area contributed by atoms with Crippen LogP contribution in [0.2, 0.25) is 4.34 Å². The first-order valence-electron chi connectivity index (χ1n) is 6.97. The van der Waals surface area contributed by atoms with Crippen molar-refractivity contribution in [2.45, 2.75) is 32.2 Å². The van der Waals surface area contributed by atoms with Gasteiger partial charge in [0.1, 0.15) is 0 Å². The Balaban J connectivity index is 1.78. The third kappa shape index (κ3) is 2.91. The molecule has 1 fully saturated rings. The van der Waals surface area contributed by atoms with Crippen LogP contribution in [-0.4, -0.2) is 27.5 Å². The summed E-state index contributed by atoms with van der Waals surface area (Å²) in [6, 6.07) is 3.78. The Hall–Kier alpha value is -1.53. The van der Waals surface area contributed by atoms with E-state index in [1.165, 1.54) is 11.3 Å². The zero-order chi connectivity index (χ0) is 15.0. The van der Waals surface area contributed by atoms with Crippen molar-refractivity contribution >= 4 is 34.5 Å². The molecule has 1 aliphatic rings. The normalized spacial score (nSPS) is 14.4. The highest BCUT2D eigenvalue weighted by molar-refractivity contribution is 7.16. The lowest BCUT2D eigenvalue weighted by molar-refractivity contribution is 0.0749. The maximum absolute atomic E-state index is 12.6. The first-order chi connectivity index (χ1) is 10.1. The minimum absolute atomic E-state index is 0.136. The van der Waals surface area contributed by atoms with Gasteiger partial charge in [-0.25, -0.2) is 0 Å². The van der Waals surface area contributed by atoms with Crippen molar-refractivity contribution in [3.63, 3.8) is 0 Å². The molecule has 0 bridgehead atoms. The molecule has 0 unspecified atom stereocenters. The molecule has 3 N–H and O–H groups in total. The van der Waals surface area contributed by atoms with Crippen molar-refractivity contribution in [2.75, 3.05) is 12.3 Å². The molecule has 1 amide bonds. The maximum Gasteiger partial charge on any atom is 0.276 e. The van der Waals surface area contributed by atoms with Crippen LogP contribution in [0.4, 0.5) is 5.69 Å². The zero-order valence-corrected chi connectivity index (χ0v) is 13.3. The number of nitrogen functional groups attached to an aromatic ring is 1. The predicted octanol–water partition coefficient (Wildman–Crippen LogP) is 3.25. The molecule has 2 aromatic rings. The van der Waals surface area contributed by atoms with E-state index in [-0.39, 0.29) is 5.91 Å². The van der Waals surface area contributed by atoms with Gasteiger partial charge in [0.2, 0.25) is 0 Å². The third-order valence-corrected chi connectivity index (χ3v) is 4.88. The van der Waals surface area contributed by atoms with Gasteiger partial charge in [-0.05, 0) is 31.9 Å². The number of aromatic amines is 1. The number of nitrogens with two attached hydrogens (primary N) is 1. The number of thiophene rings is 1. The average Bonchev–Trinajstić information content (AvgIpc) is 3.12. The molecule has 1 saturated carbocycles. The molecule has 0 radical (unpaired) electrons. The Morgan fingerprint density at radius 2 is 2.33 bits per heavy atom. The summed E-state index contributed by atoms with van der Waals surface area (Å²) in [6.45, 7) is 3.06. The number of hydrogen-bond acceptors (Lipinski definition) is 4. The second-order valence-corrected chi connectivity index (χ2v) is 7.00. The molecule has 112 valence electrons. The predicted molar refractivity (Wildman–Crippen MR) is 84.7 cm³/mol. The largest absolute Gasteiger partial charge is 0.395 e. The number of carbonyl (C=O) groups excluding carboxylic acids is 1. The molecule has 7 heteroatoms. The first kappa shape index (κ1) is 14.4. The SMILES string of the molecule is CCN(Cc1ccc(Cl)s1)C(=O)c1n[nH]c(C2CC2)c1N. The summed E-state index contributed by atoms with van der Waals surface area (Å²) in [5.74, 6) is 0.313. The standard InChI is InChI=1S/C14H17ClN4OS/c1-2-19(7-9-5-6-10(15)21-9)14(20)13-11(16)12(17-18-13)8-3-4-8/h5-6,8H,2-4,7,16H2,1H3,(H,17,18). The topological polar surface area (TPSA) is 75.0 Å². The van der Waals surface area contributed by atoms with Gasteiger partial charge in [0, 0.05) is 17.3 Å². The van der Waals surface area contributed by atoms with Crippen LogP contribution in [0.25, 0.3) is 0 Å². The Bertz CT molecular complexity index is 662. The molecule has 21 heavy (non-hydrogen) atoms. The number of nitrogens with one attached hydrogen (secondary N) is 1. The van der Waals surface area contributed by atoms with Crippen molar-refractivity contribution in [3.8, 4) is 0 Å². The van der Waals surface area contributed by atoms with Crippen LogP contribution < -0.4 is 5.73 Å². The summed E-state index contributed by atoms with van der Waals surface area (Å²) < 4.78 is 0.726. The molecule has 2 heterocycles. The summed E-state index contributed by atoms with van der Waals surface area (Å²) in [7, 11) is 0. The third-order valence-electron chi connectivity index (χ3n) is 3.67. The van der Waals surface area contributed by atoms with E-state index < -0.39 is 0 Å². The molecule has 5 nitrogen and oxygen atoms in total. The van der Waals surface area contributed by atoms with Gasteiger partial charge in [0.05, 0.1) is 22.3 Å². The van der Waals surface area contributed by atoms with Crippen LogP contribution in [-0.2, 0) is 6.54 Å². The van der Waals surface area contributed by atoms with Crippen LogP contribution >= 0.6 is 22.9 Å². The van der Waals surface area contributed by atoms with E-state index >= 15 is 0 Å². The van der Waals surface area contributed by atoms with Crippen LogP contribution in [0.15, 0.2) is 12.1 Å². The van der Waals surface area contributed by atoms with Gasteiger partial charge in [-0.15, -0.1) is 11.3 Å². The number of aromatic nitrogens is 2. The van der Waals surface area contributed by atoms with Gasteiger partial charge in [-0.2, -0.15) is 5.10 Å². The Morgan fingerprint density at radius 1 is 1.57 bits per heavy atom. The van der Waals surface area contributed by atoms with E-state index in [0.717, 1.165) is 27.7 Å². The maximum atomic E-state index is 12.6. The fraction of sp³-hybridized carbons (Fsp3) is 0.429. The summed E-state index contributed by atoms with van der Waals surface area (Å²) in [5, 5.41) is 7.05. The van der Waals surface area contributed by atoms with E-state index in [1.54, 1.807) is 4.90 Å². The fourth-order valence-corrected chi connectivity index (χ4v) is 3.42. The quantitative estimate of drug-likeness (QED) is 0.886. The van der Waals surface area contributed by atoms with Crippen molar-refractivity contribution < 1.29 is 4.79 Å². The van der Waals surface area contributed by atoms with Gasteiger partial charge in [-0.3, -0.25) is 9.89 Å². The second-order valence-electron chi connectivity index (χ2n) is 5.20. The smallest absolute Gasteiger partial charge is 0.276 e. The summed E-state index contributed by atoms with van der Waals surface area (Å²) in [4.78, 5) is 15.4. The summed E-state index contributed by atoms with van der Waals surface area (Å²) in [6.07, 6.45) is 2.23. The Kier molecular flexibility index (Phi) is 3.91. The van der Waals surface area contributed by atoms with Gasteiger partial charge < -0.3 is 10.6 Å². The molecule has 1 aliphatic carbocycles. The van der Waals surface area contributed by atoms with Gasteiger partial charge in [0.25, 0.3) is 5.91 Å². The first-order valence-corrected chi connectivity index (χ1v) is 8.16. The molecule has 0 atom stereocenters. The lowest BCUT2D eigenvalue weighted by Crippen LogP contribution is -2.30. The van der Waals surface area contributed by atoms with E-state index in [2.05, 4.69) is 10.2 Å². The molecular weight excluding hydrogens is 308 g/mol. The van der Waals surface area contributed by atoms with E-state index in [4.69, 9.17) is 17.3 Å². The highest BCUT2D eigenvalue weighted by Gasteiger charge is 2.31. The van der Waals surface area contributed by atoms with E-state index in [9.17, 15) is 4.79 Å². The van der Waals surface area contributed by atoms with Crippen LogP contribution in [0.3, 0.4) is 0 Å². The monoisotopic (exact) mass is 324 g/mol. The molecular formula is C14H17ClN4OS. The molecule has 0 saturated heterocycles. The number of nitrogens with zero attached hydrogens (tertiary/aromatic N) is 2. The molecule has 2 aromatic heterocycles. The zero-order valence-electron chi connectivity index (χ0n) is 11.7. The van der Waals surface area contributed by atoms with Crippen molar-refractivity contribution in [1.82, 2.24) is 15.1 Å². The Morgan fingerprint density at radius 3 is 2.90 bits per heavy atom. The minimum Gasteiger partial charge on any atom is -0.395 e. The van der Waals surface area contributed by atoms with Crippen molar-refractivity contribution in [1.29, 1.82) is 0 Å². The van der Waals surface area contributed by atoms with E-state index in [1.807, 2.05) is 19.1 Å². The second kappa shape index (κ2) is 5.69. The fourth-order valence-electron chi connectivity index (χ4n) is 2.31. The number of halogens is 1. The van der Waals surface area contributed by atoms with Gasteiger partial charge >= 0.3 is 0 Å². The molecule has 3 rings (SSSR count). The van der Waals surface area contributed by atoms with Crippen LogP contribution in [0.5, 0.6) is 0 Å². The number of rotatable bonds is 5. The van der Waals surface area contributed by atoms with Gasteiger partial charge in [-0.1, -0.05) is 11.6 Å². The number of carbonyl (C=O) groups is 1. The molecule has 0 aromatic carbocycles. The van der Waals surface area contributed by atoms with Gasteiger partial charge in [0.15, 0.2) is 5.69 Å². The number of hydrogen-bond donors (Lipinski definition) is 2.